The van der Waals surface area contributed by atoms with Crippen LogP contribution in [0.25, 0.3) is 10.9 Å². The molecule has 10 heteroatoms. The van der Waals surface area contributed by atoms with E-state index in [9.17, 15) is 14.0 Å². The molecular formula is C22H32FN7O2. The average molecular weight is 446 g/mol. The van der Waals surface area contributed by atoms with Gasteiger partial charge in [0.1, 0.15) is 5.82 Å². The van der Waals surface area contributed by atoms with Crippen molar-refractivity contribution in [2.24, 2.45) is 7.05 Å². The van der Waals surface area contributed by atoms with Crippen LogP contribution in [0.3, 0.4) is 0 Å². The fraction of sp³-hybridized carbons (Fsp3) is 0.591. The number of aryl methyl sites for hydroxylation is 1. The second-order valence-corrected chi connectivity index (χ2v) is 8.48. The predicted octanol–water partition coefficient (Wildman–Crippen LogP) is 2.04. The van der Waals surface area contributed by atoms with Crippen molar-refractivity contribution in [3.63, 3.8) is 0 Å². The number of anilines is 2. The number of carbonyl (C=O) groups is 2. The molecule has 2 fully saturated rings. The monoisotopic (exact) mass is 445 g/mol. The Balaban J connectivity index is 1.30. The molecule has 2 aliphatic heterocycles. The summed E-state index contributed by atoms with van der Waals surface area (Å²) in [4.78, 5) is 27.5. The highest BCUT2D eigenvalue weighted by Crippen LogP contribution is 2.31. The Bertz CT molecular complexity index is 971. The number of amides is 3. The van der Waals surface area contributed by atoms with Gasteiger partial charge in [-0.25, -0.2) is 9.18 Å². The van der Waals surface area contributed by atoms with Gasteiger partial charge in [0.15, 0.2) is 5.82 Å². The first-order chi connectivity index (χ1) is 15.5. The smallest absolute Gasteiger partial charge is 0.329 e. The van der Waals surface area contributed by atoms with E-state index in [0.29, 0.717) is 23.4 Å². The molecule has 3 amide bonds. The maximum Gasteiger partial charge on any atom is 0.329 e. The number of unbranched alkanes of at least 4 members (excludes halogenated alkanes) is 3. The molecule has 0 spiro atoms. The molecule has 9 nitrogen and oxygen atoms in total. The van der Waals surface area contributed by atoms with Crippen molar-refractivity contribution in [2.75, 3.05) is 56.0 Å². The summed E-state index contributed by atoms with van der Waals surface area (Å²) in [5.74, 6) is -0.325. The number of rotatable bonds is 9. The summed E-state index contributed by atoms with van der Waals surface area (Å²) in [5, 5.41) is 13.8. The number of hydrogen-bond acceptors (Lipinski definition) is 6. The van der Waals surface area contributed by atoms with E-state index in [1.807, 2.05) is 0 Å². The number of imide groups is 1. The van der Waals surface area contributed by atoms with Crippen molar-refractivity contribution in [2.45, 2.75) is 32.1 Å². The fourth-order valence-electron chi connectivity index (χ4n) is 4.33. The molecule has 3 heterocycles. The van der Waals surface area contributed by atoms with Crippen LogP contribution in [0.1, 0.15) is 32.1 Å². The molecule has 0 atom stereocenters. The molecule has 4 rings (SSSR count). The molecule has 1 aromatic carbocycles. The van der Waals surface area contributed by atoms with E-state index < -0.39 is 6.03 Å². The molecule has 0 aliphatic carbocycles. The first kappa shape index (κ1) is 22.5. The van der Waals surface area contributed by atoms with Crippen LogP contribution >= 0.6 is 0 Å². The molecular weight excluding hydrogens is 413 g/mol. The SMILES string of the molecule is Cn1nc(N2CCC(=O)NC2=O)c2cc(F)c(NCCCCCCN3CCNCC3)cc21. The molecule has 174 valence electrons. The normalized spacial score (nSPS) is 17.8. The summed E-state index contributed by atoms with van der Waals surface area (Å²) in [7, 11) is 1.76. The van der Waals surface area contributed by atoms with Gasteiger partial charge >= 0.3 is 6.03 Å². The molecule has 1 aromatic heterocycles. The summed E-state index contributed by atoms with van der Waals surface area (Å²) in [5.41, 5.74) is 1.16. The van der Waals surface area contributed by atoms with Crippen LogP contribution in [-0.4, -0.2) is 72.4 Å². The van der Waals surface area contributed by atoms with Crippen molar-refractivity contribution < 1.29 is 14.0 Å². The van der Waals surface area contributed by atoms with Gasteiger partial charge in [-0.1, -0.05) is 12.8 Å². The quantitative estimate of drug-likeness (QED) is 0.512. The second kappa shape index (κ2) is 10.3. The van der Waals surface area contributed by atoms with Gasteiger partial charge in [0.2, 0.25) is 5.91 Å². The van der Waals surface area contributed by atoms with E-state index in [0.717, 1.165) is 51.1 Å². The number of halogens is 1. The lowest BCUT2D eigenvalue weighted by Gasteiger charge is -2.27. The summed E-state index contributed by atoms with van der Waals surface area (Å²) < 4.78 is 16.4. The largest absolute Gasteiger partial charge is 0.383 e. The number of nitrogens with one attached hydrogen (secondary N) is 3. The zero-order valence-corrected chi connectivity index (χ0v) is 18.6. The van der Waals surface area contributed by atoms with Crippen molar-refractivity contribution in [1.82, 2.24) is 25.3 Å². The minimum atomic E-state index is -0.527. The minimum Gasteiger partial charge on any atom is -0.383 e. The van der Waals surface area contributed by atoms with E-state index >= 15 is 0 Å². The van der Waals surface area contributed by atoms with Crippen molar-refractivity contribution in [1.29, 1.82) is 0 Å². The van der Waals surface area contributed by atoms with Gasteiger partial charge in [-0.3, -0.25) is 19.7 Å². The number of nitrogens with zero attached hydrogens (tertiary/aromatic N) is 4. The number of piperazine rings is 1. The summed E-state index contributed by atoms with van der Waals surface area (Å²) in [6.45, 7) is 6.54. The Labute approximate surface area is 187 Å². The third-order valence-corrected chi connectivity index (χ3v) is 6.16. The van der Waals surface area contributed by atoms with E-state index in [1.165, 1.54) is 23.8 Å². The number of carbonyl (C=O) groups excluding carboxylic acids is 2. The van der Waals surface area contributed by atoms with E-state index in [1.54, 1.807) is 17.8 Å². The maximum absolute atomic E-state index is 14.8. The zero-order valence-electron chi connectivity index (χ0n) is 18.6. The van der Waals surface area contributed by atoms with Crippen LogP contribution in [0.15, 0.2) is 12.1 Å². The van der Waals surface area contributed by atoms with E-state index in [-0.39, 0.29) is 24.7 Å². The van der Waals surface area contributed by atoms with E-state index in [4.69, 9.17) is 0 Å². The Hall–Kier alpha value is -2.72. The zero-order chi connectivity index (χ0) is 22.5. The first-order valence-corrected chi connectivity index (χ1v) is 11.5. The third-order valence-electron chi connectivity index (χ3n) is 6.16. The van der Waals surface area contributed by atoms with Crippen molar-refractivity contribution in [3.05, 3.63) is 17.9 Å². The highest BCUT2D eigenvalue weighted by atomic mass is 19.1. The summed E-state index contributed by atoms with van der Waals surface area (Å²) in [6, 6.07) is 2.62. The van der Waals surface area contributed by atoms with Crippen LogP contribution in [0.5, 0.6) is 0 Å². The Morgan fingerprint density at radius 1 is 1.09 bits per heavy atom. The second-order valence-electron chi connectivity index (χ2n) is 8.48. The number of hydrogen-bond donors (Lipinski definition) is 3. The van der Waals surface area contributed by atoms with E-state index in [2.05, 4.69) is 25.9 Å². The Morgan fingerprint density at radius 3 is 2.66 bits per heavy atom. The minimum absolute atomic E-state index is 0.196. The lowest BCUT2D eigenvalue weighted by atomic mass is 10.1. The molecule has 2 aliphatic rings. The van der Waals surface area contributed by atoms with Crippen LogP contribution < -0.4 is 20.9 Å². The molecule has 0 bridgehead atoms. The average Bonchev–Trinajstić information content (AvgIpc) is 3.09. The molecule has 2 saturated heterocycles. The fourth-order valence-corrected chi connectivity index (χ4v) is 4.33. The molecule has 2 aromatic rings. The summed E-state index contributed by atoms with van der Waals surface area (Å²) in [6.07, 6.45) is 4.67. The van der Waals surface area contributed by atoms with Gasteiger partial charge in [-0.05, 0) is 31.5 Å². The molecule has 0 saturated carbocycles. The topological polar surface area (TPSA) is 94.5 Å². The molecule has 0 radical (unpaired) electrons. The predicted molar refractivity (Wildman–Crippen MR) is 122 cm³/mol. The molecule has 0 unspecified atom stereocenters. The van der Waals surface area contributed by atoms with Crippen LogP contribution in [0.2, 0.25) is 0 Å². The Morgan fingerprint density at radius 2 is 1.88 bits per heavy atom. The highest BCUT2D eigenvalue weighted by molar-refractivity contribution is 6.09. The number of benzene rings is 1. The standard InChI is InChI=1S/C22H32FN7O2/c1-28-19-15-18(25-7-4-2-3-5-10-29-12-8-24-9-13-29)17(23)14-16(19)21(27-28)30-11-6-20(31)26-22(30)32/h14-15,24-25H,2-13H2,1H3,(H,26,31,32). The molecule has 32 heavy (non-hydrogen) atoms. The first-order valence-electron chi connectivity index (χ1n) is 11.5. The van der Waals surface area contributed by atoms with Gasteiger partial charge in [0.25, 0.3) is 0 Å². The van der Waals surface area contributed by atoms with Crippen molar-refractivity contribution >= 4 is 34.3 Å². The van der Waals surface area contributed by atoms with Gasteiger partial charge in [-0.2, -0.15) is 5.10 Å². The number of urea groups is 1. The lowest BCUT2D eigenvalue weighted by Crippen LogP contribution is -2.49. The van der Waals surface area contributed by atoms with Gasteiger partial charge < -0.3 is 15.5 Å². The lowest BCUT2D eigenvalue weighted by molar-refractivity contribution is -0.120. The van der Waals surface area contributed by atoms with Gasteiger partial charge in [-0.15, -0.1) is 0 Å². The van der Waals surface area contributed by atoms with Crippen molar-refractivity contribution in [3.8, 4) is 0 Å². The maximum atomic E-state index is 14.8. The van der Waals surface area contributed by atoms with Gasteiger partial charge in [0.05, 0.1) is 11.2 Å². The van der Waals surface area contributed by atoms with Crippen LogP contribution in [0, 0.1) is 5.82 Å². The number of fused-ring (bicyclic) bond motifs is 1. The van der Waals surface area contributed by atoms with Crippen LogP contribution in [0.4, 0.5) is 20.7 Å². The summed E-state index contributed by atoms with van der Waals surface area (Å²) >= 11 is 0. The molecule has 3 N–H and O–H groups in total. The Kier molecular flexibility index (Phi) is 7.21. The van der Waals surface area contributed by atoms with Crippen LogP contribution in [-0.2, 0) is 11.8 Å². The third kappa shape index (κ3) is 5.18. The highest BCUT2D eigenvalue weighted by Gasteiger charge is 2.28. The number of aromatic nitrogens is 2. The van der Waals surface area contributed by atoms with Gasteiger partial charge in [0, 0.05) is 58.1 Å².